The fourth-order valence-corrected chi connectivity index (χ4v) is 6.25. The Morgan fingerprint density at radius 2 is 1.28 bits per heavy atom. The third-order valence-electron chi connectivity index (χ3n) is 8.65. The molecular formula is C36H40N2O9. The van der Waals surface area contributed by atoms with Gasteiger partial charge in [0.1, 0.15) is 5.78 Å². The van der Waals surface area contributed by atoms with Crippen molar-refractivity contribution in [2.24, 2.45) is 0 Å². The highest BCUT2D eigenvalue weighted by Crippen LogP contribution is 2.51. The van der Waals surface area contributed by atoms with E-state index in [1.807, 2.05) is 0 Å². The van der Waals surface area contributed by atoms with Crippen molar-refractivity contribution in [3.8, 4) is 0 Å². The molecule has 4 atom stereocenters. The van der Waals surface area contributed by atoms with Crippen molar-refractivity contribution >= 4 is 35.3 Å². The number of anilines is 1. The Bertz CT molecular complexity index is 1590. The van der Waals surface area contributed by atoms with Crippen LogP contribution in [0.2, 0.25) is 0 Å². The molecule has 2 N–H and O–H groups in total. The number of Topliss-reactive ketones (excluding diaryl/α,β-unsaturated/α-hetero) is 1. The number of ether oxygens (including phenoxy) is 2. The first-order valence-corrected chi connectivity index (χ1v) is 15.2. The fourth-order valence-electron chi connectivity index (χ4n) is 6.25. The number of benzene rings is 3. The summed E-state index contributed by atoms with van der Waals surface area (Å²) in [6.45, 7) is 8.75. The molecule has 2 unspecified atom stereocenters. The molecule has 2 heterocycles. The molecule has 47 heavy (non-hydrogen) atoms. The van der Waals surface area contributed by atoms with Crippen LogP contribution in [0.4, 0.5) is 5.69 Å². The van der Waals surface area contributed by atoms with Crippen LogP contribution in [0.3, 0.4) is 0 Å². The number of nitrogens with zero attached hydrogens (tertiary/aromatic N) is 2. The van der Waals surface area contributed by atoms with E-state index in [1.165, 1.54) is 41.9 Å². The molecule has 11 heteroatoms. The molecule has 2 aliphatic heterocycles. The number of aryl methyl sites for hydroxylation is 2. The summed E-state index contributed by atoms with van der Waals surface area (Å²) in [5, 5.41) is 18.6. The van der Waals surface area contributed by atoms with Gasteiger partial charge in [0.25, 0.3) is 0 Å². The topological polar surface area (TPSA) is 151 Å². The molecule has 1 fully saturated rings. The number of hydrogen-bond donors (Lipinski definition) is 2. The number of likely N-dealkylation sites (N-methyl/N-ethyl adjacent to an activating group) is 2. The first kappa shape index (κ1) is 34.8. The van der Waals surface area contributed by atoms with Crippen molar-refractivity contribution in [2.45, 2.75) is 64.3 Å². The Morgan fingerprint density at radius 1 is 0.809 bits per heavy atom. The summed E-state index contributed by atoms with van der Waals surface area (Å²) in [6.07, 6.45) is -2.25. The Balaban J connectivity index is 0.000000228. The lowest BCUT2D eigenvalue weighted by Gasteiger charge is -2.32. The van der Waals surface area contributed by atoms with Gasteiger partial charge in [-0.2, -0.15) is 0 Å². The zero-order valence-corrected chi connectivity index (χ0v) is 27.4. The zero-order chi connectivity index (χ0) is 34.6. The minimum absolute atomic E-state index is 0.0332. The number of ketones is 1. The molecule has 0 amide bonds. The van der Waals surface area contributed by atoms with Gasteiger partial charge in [-0.1, -0.05) is 54.4 Å². The van der Waals surface area contributed by atoms with Crippen LogP contribution < -0.4 is 4.90 Å². The third kappa shape index (κ3) is 7.69. The molecule has 3 aromatic rings. The molecule has 2 aliphatic rings. The Hall–Kier alpha value is -5.03. The fraction of sp³-hybridized carbons (Fsp3) is 0.361. The number of hydrogen-bond acceptors (Lipinski definition) is 9. The van der Waals surface area contributed by atoms with E-state index in [0.29, 0.717) is 12.6 Å². The third-order valence-corrected chi connectivity index (χ3v) is 8.65. The summed E-state index contributed by atoms with van der Waals surface area (Å²) >= 11 is 0. The average Bonchev–Trinajstić information content (AvgIpc) is 3.44. The number of rotatable bonds is 9. The van der Waals surface area contributed by atoms with Gasteiger partial charge < -0.3 is 24.6 Å². The van der Waals surface area contributed by atoms with E-state index in [9.17, 15) is 34.2 Å². The summed E-state index contributed by atoms with van der Waals surface area (Å²) in [7, 11) is 4.38. The number of carbonyl (C=O) groups is 5. The van der Waals surface area contributed by atoms with E-state index < -0.39 is 36.1 Å². The lowest BCUT2D eigenvalue weighted by molar-refractivity contribution is -0.166. The maximum atomic E-state index is 12.2. The molecule has 0 spiro atoms. The molecule has 0 saturated carbocycles. The molecule has 0 aromatic heterocycles. The highest BCUT2D eigenvalue weighted by Gasteiger charge is 2.52. The van der Waals surface area contributed by atoms with Crippen LogP contribution in [-0.2, 0) is 35.7 Å². The molecular weight excluding hydrogens is 604 g/mol. The van der Waals surface area contributed by atoms with Crippen LogP contribution in [0.5, 0.6) is 0 Å². The maximum absolute atomic E-state index is 12.2. The first-order valence-electron chi connectivity index (χ1n) is 15.2. The summed E-state index contributed by atoms with van der Waals surface area (Å²) in [5.74, 6) is -5.39. The Morgan fingerprint density at radius 3 is 1.70 bits per heavy atom. The van der Waals surface area contributed by atoms with Gasteiger partial charge in [0.15, 0.2) is 0 Å². The van der Waals surface area contributed by atoms with Gasteiger partial charge in [-0.3, -0.25) is 9.69 Å². The molecule has 0 aliphatic carbocycles. The van der Waals surface area contributed by atoms with E-state index in [2.05, 4.69) is 49.0 Å². The highest BCUT2D eigenvalue weighted by molar-refractivity contribution is 5.95. The maximum Gasteiger partial charge on any atom is 0.349 e. The van der Waals surface area contributed by atoms with E-state index >= 15 is 0 Å². The molecule has 11 nitrogen and oxygen atoms in total. The van der Waals surface area contributed by atoms with Crippen LogP contribution in [0, 0.1) is 13.8 Å². The van der Waals surface area contributed by atoms with Gasteiger partial charge in [-0.25, -0.2) is 19.2 Å². The average molecular weight is 645 g/mol. The van der Waals surface area contributed by atoms with Gasteiger partial charge in [0.05, 0.1) is 17.3 Å². The molecule has 248 valence electrons. The Labute approximate surface area is 273 Å². The monoisotopic (exact) mass is 644 g/mol. The van der Waals surface area contributed by atoms with Crippen LogP contribution in [0.1, 0.15) is 63.2 Å². The predicted molar refractivity (Wildman–Crippen MR) is 174 cm³/mol. The van der Waals surface area contributed by atoms with Crippen molar-refractivity contribution in [3.63, 3.8) is 0 Å². The molecule has 0 bridgehead atoms. The van der Waals surface area contributed by atoms with E-state index in [4.69, 9.17) is 9.47 Å². The highest BCUT2D eigenvalue weighted by atomic mass is 16.6. The zero-order valence-electron chi connectivity index (χ0n) is 27.4. The summed E-state index contributed by atoms with van der Waals surface area (Å²) < 4.78 is 9.64. The van der Waals surface area contributed by atoms with Crippen molar-refractivity contribution < 1.29 is 43.7 Å². The van der Waals surface area contributed by atoms with Crippen LogP contribution in [-0.4, -0.2) is 83.8 Å². The second-order valence-electron chi connectivity index (χ2n) is 12.4. The van der Waals surface area contributed by atoms with Crippen molar-refractivity contribution in [2.75, 3.05) is 25.5 Å². The lowest BCUT2D eigenvalue weighted by atomic mass is 9.80. The second-order valence-corrected chi connectivity index (χ2v) is 12.4. The number of esters is 2. The van der Waals surface area contributed by atoms with Gasteiger partial charge in [-0.05, 0) is 75.7 Å². The lowest BCUT2D eigenvalue weighted by Crippen LogP contribution is -2.45. The van der Waals surface area contributed by atoms with Crippen LogP contribution in [0.15, 0.2) is 66.7 Å². The van der Waals surface area contributed by atoms with Crippen molar-refractivity contribution in [1.82, 2.24) is 4.90 Å². The number of carboxylic acid groups (broad SMARTS) is 2. The number of fused-ring (bicyclic) bond motifs is 3. The Kier molecular flexibility index (Phi) is 10.5. The largest absolute Gasteiger partial charge is 0.478 e. The van der Waals surface area contributed by atoms with Gasteiger partial charge in [0.2, 0.25) is 12.2 Å². The second kappa shape index (κ2) is 14.2. The van der Waals surface area contributed by atoms with E-state index in [1.54, 1.807) is 45.0 Å². The summed E-state index contributed by atoms with van der Waals surface area (Å²) in [5.41, 5.74) is 5.89. The number of likely N-dealkylation sites (tertiary alicyclic amines) is 1. The van der Waals surface area contributed by atoms with Crippen molar-refractivity contribution in [3.05, 3.63) is 100 Å². The van der Waals surface area contributed by atoms with Gasteiger partial charge in [-0.15, -0.1) is 0 Å². The van der Waals surface area contributed by atoms with Gasteiger partial charge in [0, 0.05) is 31.1 Å². The molecule has 3 aromatic carbocycles. The number of aliphatic carboxylic acids is 2. The molecule has 1 saturated heterocycles. The number of carbonyl (C=O) groups excluding carboxylic acids is 3. The predicted octanol–water partition coefficient (Wildman–Crippen LogP) is 4.41. The van der Waals surface area contributed by atoms with E-state index in [0.717, 1.165) is 23.2 Å². The quantitative estimate of drug-likeness (QED) is 0.319. The van der Waals surface area contributed by atoms with Gasteiger partial charge >= 0.3 is 23.9 Å². The first-order chi connectivity index (χ1) is 22.1. The normalized spacial score (nSPS) is 19.4. The smallest absolute Gasteiger partial charge is 0.349 e. The van der Waals surface area contributed by atoms with Crippen LogP contribution >= 0.6 is 0 Å². The SMILES string of the molecule is CC(=O)Cc1ccc2c(c1)C1(C)CCN(C)C1N2C.Cc1ccc(C(=O)O[C@@H](C(=O)O)[C@@H](OC(=O)c2ccc(C)cc2)C(=O)O)cc1. The standard InChI is InChI=1S/C20H18O8.C16H22N2O/c1-11-3-7-13(8-4-11)19(25)27-15(17(21)22)16(18(23)24)28-20(26)14-9-5-12(2)6-10-14;1-11(19)9-12-5-6-14-13(10-12)16(2)7-8-17(3)15(16)18(14)4/h3-10,15-16H,1-2H3,(H,21,22)(H,23,24);5-6,10,15H,7-9H2,1-4H3/t15-,16-;/m1./s1. The van der Waals surface area contributed by atoms with Crippen LogP contribution in [0.25, 0.3) is 0 Å². The van der Waals surface area contributed by atoms with E-state index in [-0.39, 0.29) is 22.3 Å². The molecule has 5 rings (SSSR count). The minimum Gasteiger partial charge on any atom is -0.478 e. The van der Waals surface area contributed by atoms with Crippen molar-refractivity contribution in [1.29, 1.82) is 0 Å². The minimum atomic E-state index is -2.22. The molecule has 0 radical (unpaired) electrons. The summed E-state index contributed by atoms with van der Waals surface area (Å²) in [6, 6.07) is 18.6. The number of carboxylic acids is 2. The summed E-state index contributed by atoms with van der Waals surface area (Å²) in [4.78, 5) is 63.5.